The normalized spacial score (nSPS) is 12.2. The predicted molar refractivity (Wildman–Crippen MR) is 191 cm³/mol. The molecule has 240 valence electrons. The summed E-state index contributed by atoms with van der Waals surface area (Å²) < 4.78 is 10.9. The summed E-state index contributed by atoms with van der Waals surface area (Å²) in [5.41, 5.74) is 9.04. The third kappa shape index (κ3) is 8.31. The van der Waals surface area contributed by atoms with E-state index in [2.05, 4.69) is 62.4 Å². The van der Waals surface area contributed by atoms with E-state index in [1.165, 1.54) is 22.3 Å². The highest BCUT2D eigenvalue weighted by molar-refractivity contribution is 5.70. The number of aromatic hydroxyl groups is 2. The highest BCUT2D eigenvalue weighted by Crippen LogP contribution is 2.29. The van der Waals surface area contributed by atoms with Crippen LogP contribution in [-0.2, 0) is 12.8 Å². The topological polar surface area (TPSA) is 76.0 Å². The Balaban J connectivity index is 0.994. The first-order chi connectivity index (χ1) is 23.3. The Morgan fingerprint density at radius 2 is 0.750 bits per heavy atom. The van der Waals surface area contributed by atoms with Crippen molar-refractivity contribution in [3.63, 3.8) is 0 Å². The third-order valence-corrected chi connectivity index (χ3v) is 8.69. The lowest BCUT2D eigenvalue weighted by atomic mass is 9.92. The minimum atomic E-state index is -0.797. The quantitative estimate of drug-likeness (QED) is 0.116. The van der Waals surface area contributed by atoms with Crippen LogP contribution in [0.15, 0.2) is 146 Å². The second kappa shape index (κ2) is 14.7. The molecule has 0 aliphatic heterocycles. The molecule has 2 atom stereocenters. The van der Waals surface area contributed by atoms with Gasteiger partial charge in [0.1, 0.15) is 23.0 Å². The number of phenolic OH excluding ortho intramolecular Hbond substituents is 2. The molecule has 0 aliphatic carbocycles. The van der Waals surface area contributed by atoms with E-state index >= 15 is 0 Å². The SMILES string of the molecule is CC(Cc1ccc(O)cc1)c1ccc(-c2ccc(OC(=O)Oc3ccc(-c4ccc(C(C)Cc5ccc(O)cc5)cc4)cc3)cc2)cc1. The molecule has 6 aromatic rings. The van der Waals surface area contributed by atoms with E-state index < -0.39 is 6.16 Å². The number of benzene rings is 6. The number of carbonyl (C=O) groups excluding carboxylic acids is 1. The van der Waals surface area contributed by atoms with Gasteiger partial charge >= 0.3 is 6.16 Å². The van der Waals surface area contributed by atoms with Gasteiger partial charge in [-0.05, 0) is 118 Å². The molecule has 0 radical (unpaired) electrons. The molecule has 0 saturated carbocycles. The molecule has 0 bridgehead atoms. The predicted octanol–water partition coefficient (Wildman–Crippen LogP) is 10.7. The van der Waals surface area contributed by atoms with E-state index in [1.807, 2.05) is 48.5 Å². The molecule has 2 unspecified atom stereocenters. The average Bonchev–Trinajstić information content (AvgIpc) is 3.11. The van der Waals surface area contributed by atoms with Gasteiger partial charge < -0.3 is 19.7 Å². The van der Waals surface area contributed by atoms with Crippen molar-refractivity contribution in [2.45, 2.75) is 38.5 Å². The van der Waals surface area contributed by atoms with E-state index in [-0.39, 0.29) is 11.5 Å². The van der Waals surface area contributed by atoms with Crippen molar-refractivity contribution in [1.29, 1.82) is 0 Å². The largest absolute Gasteiger partial charge is 0.519 e. The summed E-state index contributed by atoms with van der Waals surface area (Å²) in [6.45, 7) is 4.40. The zero-order chi connectivity index (χ0) is 33.5. The highest BCUT2D eigenvalue weighted by atomic mass is 16.7. The lowest BCUT2D eigenvalue weighted by Crippen LogP contribution is -2.13. The van der Waals surface area contributed by atoms with Crippen molar-refractivity contribution in [1.82, 2.24) is 0 Å². The Morgan fingerprint density at radius 3 is 1.06 bits per heavy atom. The fraction of sp³-hybridized carbons (Fsp3) is 0.140. The van der Waals surface area contributed by atoms with Gasteiger partial charge in [-0.25, -0.2) is 4.79 Å². The Hall–Kier alpha value is -5.81. The molecule has 0 heterocycles. The van der Waals surface area contributed by atoms with Gasteiger partial charge in [-0.15, -0.1) is 0 Å². The van der Waals surface area contributed by atoms with Crippen LogP contribution in [0.4, 0.5) is 4.79 Å². The van der Waals surface area contributed by atoms with E-state index in [0.717, 1.165) is 35.1 Å². The van der Waals surface area contributed by atoms with E-state index in [1.54, 1.807) is 48.5 Å². The van der Waals surface area contributed by atoms with Crippen LogP contribution in [0, 0.1) is 0 Å². The van der Waals surface area contributed by atoms with Gasteiger partial charge in [0, 0.05) is 0 Å². The van der Waals surface area contributed by atoms with Crippen LogP contribution in [0.3, 0.4) is 0 Å². The monoisotopic (exact) mass is 634 g/mol. The van der Waals surface area contributed by atoms with Gasteiger partial charge in [-0.2, -0.15) is 0 Å². The van der Waals surface area contributed by atoms with Gasteiger partial charge in [0.25, 0.3) is 0 Å². The summed E-state index contributed by atoms with van der Waals surface area (Å²) in [7, 11) is 0. The number of hydrogen-bond donors (Lipinski definition) is 2. The summed E-state index contributed by atoms with van der Waals surface area (Å²) in [6, 6.07) is 46.4. The first-order valence-corrected chi connectivity index (χ1v) is 16.2. The number of ether oxygens (including phenoxy) is 2. The molecule has 0 spiro atoms. The Morgan fingerprint density at radius 1 is 0.458 bits per heavy atom. The molecular formula is C43H38O5. The summed E-state index contributed by atoms with van der Waals surface area (Å²) >= 11 is 0. The second-order valence-electron chi connectivity index (χ2n) is 12.3. The minimum absolute atomic E-state index is 0.280. The van der Waals surface area contributed by atoms with Gasteiger partial charge in [0.2, 0.25) is 0 Å². The van der Waals surface area contributed by atoms with E-state index in [0.29, 0.717) is 23.3 Å². The second-order valence-corrected chi connectivity index (χ2v) is 12.3. The average molecular weight is 635 g/mol. The molecule has 0 fully saturated rings. The maximum absolute atomic E-state index is 12.5. The molecule has 0 aromatic heterocycles. The maximum Gasteiger partial charge on any atom is 0.519 e. The number of hydrogen-bond acceptors (Lipinski definition) is 5. The highest BCUT2D eigenvalue weighted by Gasteiger charge is 2.12. The first-order valence-electron chi connectivity index (χ1n) is 16.2. The van der Waals surface area contributed by atoms with Gasteiger partial charge in [-0.3, -0.25) is 0 Å². The molecule has 6 aromatic carbocycles. The van der Waals surface area contributed by atoms with Crippen LogP contribution in [0.2, 0.25) is 0 Å². The Bertz CT molecular complexity index is 1780. The molecular weight excluding hydrogens is 596 g/mol. The van der Waals surface area contributed by atoms with Gasteiger partial charge in [0.05, 0.1) is 0 Å². The van der Waals surface area contributed by atoms with E-state index in [9.17, 15) is 15.0 Å². The summed E-state index contributed by atoms with van der Waals surface area (Å²) in [5, 5.41) is 19.0. The van der Waals surface area contributed by atoms with Crippen molar-refractivity contribution >= 4 is 6.16 Å². The zero-order valence-corrected chi connectivity index (χ0v) is 27.0. The van der Waals surface area contributed by atoms with Crippen LogP contribution < -0.4 is 9.47 Å². The molecule has 5 nitrogen and oxygen atoms in total. The minimum Gasteiger partial charge on any atom is -0.508 e. The fourth-order valence-corrected chi connectivity index (χ4v) is 5.86. The van der Waals surface area contributed by atoms with Crippen LogP contribution in [0.5, 0.6) is 23.0 Å². The number of phenols is 2. The van der Waals surface area contributed by atoms with Gasteiger partial charge in [0.15, 0.2) is 0 Å². The van der Waals surface area contributed by atoms with Gasteiger partial charge in [-0.1, -0.05) is 111 Å². The molecule has 5 heteroatoms. The number of carbonyl (C=O) groups is 1. The van der Waals surface area contributed by atoms with Crippen molar-refractivity contribution < 1.29 is 24.5 Å². The van der Waals surface area contributed by atoms with E-state index in [4.69, 9.17) is 9.47 Å². The van der Waals surface area contributed by atoms with Crippen molar-refractivity contribution in [2.75, 3.05) is 0 Å². The standard InChI is InChI=1S/C43H38O5/c1-29(27-31-3-19-39(44)20-4-31)33-7-11-35(12-8-33)37-15-23-41(24-16-37)47-43(46)48-42-25-17-38(18-26-42)36-13-9-34(10-14-36)30(2)28-32-5-21-40(45)22-6-32/h3-26,29-30,44-45H,27-28H2,1-2H3. The Kier molecular flexibility index (Phi) is 9.87. The third-order valence-electron chi connectivity index (χ3n) is 8.69. The zero-order valence-electron chi connectivity index (χ0n) is 27.0. The molecule has 6 rings (SSSR count). The first kappa shape index (κ1) is 32.1. The summed E-state index contributed by atoms with van der Waals surface area (Å²) in [4.78, 5) is 12.5. The number of rotatable bonds is 10. The lowest BCUT2D eigenvalue weighted by molar-refractivity contribution is 0.152. The van der Waals surface area contributed by atoms with Crippen LogP contribution in [-0.4, -0.2) is 16.4 Å². The molecule has 2 N–H and O–H groups in total. The Labute approximate surface area is 281 Å². The van der Waals surface area contributed by atoms with Crippen molar-refractivity contribution in [3.05, 3.63) is 168 Å². The smallest absolute Gasteiger partial charge is 0.508 e. The van der Waals surface area contributed by atoms with Crippen molar-refractivity contribution in [2.24, 2.45) is 0 Å². The molecule has 48 heavy (non-hydrogen) atoms. The van der Waals surface area contributed by atoms with Crippen LogP contribution in [0.1, 0.15) is 47.9 Å². The van der Waals surface area contributed by atoms with Crippen molar-refractivity contribution in [3.8, 4) is 45.3 Å². The fourth-order valence-electron chi connectivity index (χ4n) is 5.86. The molecule has 0 saturated heterocycles. The summed E-state index contributed by atoms with van der Waals surface area (Å²) in [6.07, 6.45) is 0.988. The molecule has 0 aliphatic rings. The summed E-state index contributed by atoms with van der Waals surface area (Å²) in [5.74, 6) is 2.04. The van der Waals surface area contributed by atoms with Crippen LogP contribution in [0.25, 0.3) is 22.3 Å². The maximum atomic E-state index is 12.5. The van der Waals surface area contributed by atoms with Crippen LogP contribution >= 0.6 is 0 Å². The lowest BCUT2D eigenvalue weighted by Gasteiger charge is -2.13. The molecule has 0 amide bonds.